The third kappa shape index (κ3) is 4.80. The normalized spacial score (nSPS) is 11.9. The van der Waals surface area contributed by atoms with Crippen molar-refractivity contribution in [2.24, 2.45) is 5.41 Å². The topological polar surface area (TPSA) is 31.2 Å². The fraction of sp³-hybridized carbons (Fsp3) is 0.393. The Balaban J connectivity index is 2.30. The third-order valence-electron chi connectivity index (χ3n) is 6.03. The van der Waals surface area contributed by atoms with Crippen LogP contribution >= 0.6 is 11.8 Å². The van der Waals surface area contributed by atoms with Crippen molar-refractivity contribution in [3.63, 3.8) is 0 Å². The van der Waals surface area contributed by atoms with E-state index in [0.29, 0.717) is 18.9 Å². The highest BCUT2D eigenvalue weighted by Gasteiger charge is 2.32. The minimum absolute atomic E-state index is 0.196. The molecule has 1 heterocycles. The first-order chi connectivity index (χ1) is 15.1. The lowest BCUT2D eigenvalue weighted by Crippen LogP contribution is -2.29. The smallest absolute Gasteiger partial charge is 0.311 e. The molecule has 3 aromatic rings. The van der Waals surface area contributed by atoms with Gasteiger partial charge in [-0.15, -0.1) is 6.58 Å². The van der Waals surface area contributed by atoms with Crippen LogP contribution in [0.2, 0.25) is 0 Å². The van der Waals surface area contributed by atoms with Gasteiger partial charge >= 0.3 is 5.97 Å². The number of rotatable bonds is 8. The minimum atomic E-state index is -0.639. The van der Waals surface area contributed by atoms with Crippen molar-refractivity contribution < 1.29 is 9.53 Å². The van der Waals surface area contributed by atoms with E-state index in [-0.39, 0.29) is 5.97 Å². The van der Waals surface area contributed by atoms with E-state index in [4.69, 9.17) is 4.74 Å². The highest BCUT2D eigenvalue weighted by Crippen LogP contribution is 2.43. The number of nitrogens with zero attached hydrogens (tertiary/aromatic N) is 1. The van der Waals surface area contributed by atoms with E-state index >= 15 is 0 Å². The van der Waals surface area contributed by atoms with Gasteiger partial charge in [-0.3, -0.25) is 4.79 Å². The van der Waals surface area contributed by atoms with Crippen molar-refractivity contribution in [2.75, 3.05) is 7.11 Å². The number of benzene rings is 2. The zero-order valence-electron chi connectivity index (χ0n) is 20.4. The monoisotopic (exact) mass is 449 g/mol. The largest absolute Gasteiger partial charge is 0.469 e. The number of carbonyl (C=O) groups is 1. The highest BCUT2D eigenvalue weighted by atomic mass is 32.2. The van der Waals surface area contributed by atoms with E-state index in [1.807, 2.05) is 19.9 Å². The molecule has 0 saturated carbocycles. The highest BCUT2D eigenvalue weighted by molar-refractivity contribution is 7.99. The lowest BCUT2D eigenvalue weighted by Gasteiger charge is -2.23. The summed E-state index contributed by atoms with van der Waals surface area (Å²) in [4.78, 5) is 15.0. The number of methoxy groups -OCH3 is 1. The summed E-state index contributed by atoms with van der Waals surface area (Å²) in [5.74, 6) is 0.245. The van der Waals surface area contributed by atoms with Crippen LogP contribution in [-0.4, -0.2) is 17.6 Å². The molecule has 0 fully saturated rings. The summed E-state index contributed by atoms with van der Waals surface area (Å²) in [6.45, 7) is 17.3. The second-order valence-electron chi connectivity index (χ2n) is 9.53. The van der Waals surface area contributed by atoms with E-state index in [0.717, 1.165) is 5.69 Å². The van der Waals surface area contributed by atoms with Crippen LogP contribution in [0.15, 0.2) is 58.8 Å². The van der Waals surface area contributed by atoms with Gasteiger partial charge in [-0.25, -0.2) is 0 Å². The minimum Gasteiger partial charge on any atom is -0.469 e. The van der Waals surface area contributed by atoms with Gasteiger partial charge in [0.2, 0.25) is 0 Å². The van der Waals surface area contributed by atoms with Gasteiger partial charge in [0.05, 0.1) is 12.5 Å². The van der Waals surface area contributed by atoms with Crippen molar-refractivity contribution in [2.45, 2.75) is 70.2 Å². The molecule has 0 aliphatic carbocycles. The third-order valence-corrected chi connectivity index (χ3v) is 7.34. The van der Waals surface area contributed by atoms with Crippen LogP contribution in [0.5, 0.6) is 0 Å². The molecular formula is C28H35NO2S. The Bertz CT molecular complexity index is 1150. The summed E-state index contributed by atoms with van der Waals surface area (Å²) in [7, 11) is 1.46. The average molecular weight is 450 g/mol. The zero-order chi connectivity index (χ0) is 23.6. The molecule has 3 nitrogen and oxygen atoms in total. The zero-order valence-corrected chi connectivity index (χ0v) is 21.2. The van der Waals surface area contributed by atoms with Gasteiger partial charge in [0.15, 0.2) is 0 Å². The molecule has 0 spiro atoms. The standard InChI is InChI=1S/C28H35NO2S/c1-9-14-29-23-13-12-21(18(2)3)16-22(23)26(24(29)17-28(6,7)27(30)31-8)32-25-15-19(4)10-11-20(25)5/h9-13,15-16,18H,1,14,17H2,2-8H3. The molecule has 0 saturated heterocycles. The van der Waals surface area contributed by atoms with Crippen LogP contribution in [0.1, 0.15) is 56.0 Å². The molecule has 0 amide bonds. The Kier molecular flexibility index (Phi) is 7.24. The number of hydrogen-bond acceptors (Lipinski definition) is 3. The maximum absolute atomic E-state index is 12.6. The SMILES string of the molecule is C=CCn1c(CC(C)(C)C(=O)OC)c(Sc2cc(C)ccc2C)c2cc(C(C)C)ccc21. The second kappa shape index (κ2) is 9.58. The van der Waals surface area contributed by atoms with Gasteiger partial charge in [-0.1, -0.05) is 49.9 Å². The van der Waals surface area contributed by atoms with Crippen LogP contribution in [-0.2, 0) is 22.5 Å². The first kappa shape index (κ1) is 24.2. The van der Waals surface area contributed by atoms with Gasteiger partial charge < -0.3 is 9.30 Å². The molecule has 4 heteroatoms. The van der Waals surface area contributed by atoms with Gasteiger partial charge in [0.25, 0.3) is 0 Å². The Morgan fingerprint density at radius 2 is 1.91 bits per heavy atom. The molecule has 0 N–H and O–H groups in total. The summed E-state index contributed by atoms with van der Waals surface area (Å²) >= 11 is 1.80. The molecule has 0 bridgehead atoms. The van der Waals surface area contributed by atoms with E-state index in [1.54, 1.807) is 11.8 Å². The summed E-state index contributed by atoms with van der Waals surface area (Å²) in [5.41, 5.74) is 5.50. The van der Waals surface area contributed by atoms with Gasteiger partial charge in [0.1, 0.15) is 0 Å². The Morgan fingerprint density at radius 3 is 2.53 bits per heavy atom. The average Bonchev–Trinajstić information content (AvgIpc) is 3.01. The maximum Gasteiger partial charge on any atom is 0.311 e. The molecule has 32 heavy (non-hydrogen) atoms. The first-order valence-electron chi connectivity index (χ1n) is 11.2. The number of esters is 1. The molecule has 0 atom stereocenters. The molecule has 0 unspecified atom stereocenters. The van der Waals surface area contributed by atoms with E-state index in [1.165, 1.54) is 44.5 Å². The summed E-state index contributed by atoms with van der Waals surface area (Å²) < 4.78 is 7.44. The molecule has 0 aliphatic rings. The van der Waals surface area contributed by atoms with E-state index < -0.39 is 5.41 Å². The number of aromatic nitrogens is 1. The first-order valence-corrected chi connectivity index (χ1v) is 12.0. The predicted molar refractivity (Wildman–Crippen MR) is 136 cm³/mol. The fourth-order valence-corrected chi connectivity index (χ4v) is 5.34. The van der Waals surface area contributed by atoms with Crippen LogP contribution in [0, 0.1) is 19.3 Å². The van der Waals surface area contributed by atoms with Gasteiger partial charge in [-0.2, -0.15) is 0 Å². The van der Waals surface area contributed by atoms with Crippen LogP contribution in [0.3, 0.4) is 0 Å². The number of carbonyl (C=O) groups excluding carboxylic acids is 1. The molecule has 0 aliphatic heterocycles. The molecule has 1 aromatic heterocycles. The summed E-state index contributed by atoms with van der Waals surface area (Å²) in [5, 5.41) is 1.24. The van der Waals surface area contributed by atoms with Crippen LogP contribution in [0.4, 0.5) is 0 Å². The van der Waals surface area contributed by atoms with Crippen LogP contribution < -0.4 is 0 Å². The summed E-state index contributed by atoms with van der Waals surface area (Å²) in [6, 6.07) is 13.3. The lowest BCUT2D eigenvalue weighted by atomic mass is 9.88. The van der Waals surface area contributed by atoms with E-state index in [2.05, 4.69) is 75.2 Å². The second-order valence-corrected chi connectivity index (χ2v) is 10.6. The molecule has 3 rings (SSSR count). The van der Waals surface area contributed by atoms with Gasteiger partial charge in [-0.05, 0) is 68.5 Å². The maximum atomic E-state index is 12.6. The number of hydrogen-bond donors (Lipinski definition) is 0. The van der Waals surface area contributed by atoms with Crippen molar-refractivity contribution in [1.29, 1.82) is 0 Å². The van der Waals surface area contributed by atoms with Gasteiger partial charge in [0, 0.05) is 39.4 Å². The Labute approximate surface area is 196 Å². The number of allylic oxidation sites excluding steroid dienone is 1. The summed E-state index contributed by atoms with van der Waals surface area (Å²) in [6.07, 6.45) is 2.52. The van der Waals surface area contributed by atoms with Crippen molar-refractivity contribution in [1.82, 2.24) is 4.57 Å². The number of ether oxygens (including phenoxy) is 1. The number of aryl methyl sites for hydroxylation is 2. The van der Waals surface area contributed by atoms with E-state index in [9.17, 15) is 4.79 Å². The Morgan fingerprint density at radius 1 is 1.19 bits per heavy atom. The lowest BCUT2D eigenvalue weighted by molar-refractivity contribution is -0.150. The van der Waals surface area contributed by atoms with Crippen molar-refractivity contribution in [3.05, 3.63) is 71.4 Å². The van der Waals surface area contributed by atoms with Crippen LogP contribution in [0.25, 0.3) is 10.9 Å². The molecule has 170 valence electrons. The quantitative estimate of drug-likeness (QED) is 0.264. The predicted octanol–water partition coefficient (Wildman–Crippen LogP) is 7.46. The molecule has 2 aromatic carbocycles. The molecular weight excluding hydrogens is 414 g/mol. The van der Waals surface area contributed by atoms with Crippen molar-refractivity contribution >= 4 is 28.6 Å². The molecule has 0 radical (unpaired) electrons. The Hall–Kier alpha value is -2.46. The van der Waals surface area contributed by atoms with Crippen molar-refractivity contribution in [3.8, 4) is 0 Å². The fourth-order valence-electron chi connectivity index (χ4n) is 4.07. The number of fused-ring (bicyclic) bond motifs is 1.